The van der Waals surface area contributed by atoms with E-state index in [4.69, 9.17) is 4.74 Å². The van der Waals surface area contributed by atoms with E-state index in [9.17, 15) is 24.9 Å². The first-order valence-corrected chi connectivity index (χ1v) is 5.74. The molecule has 1 fully saturated rings. The second kappa shape index (κ2) is 4.27. The lowest BCUT2D eigenvalue weighted by Crippen LogP contribution is -2.49. The minimum Gasteiger partial charge on any atom is -0.393 e. The van der Waals surface area contributed by atoms with Gasteiger partial charge in [-0.2, -0.15) is 0 Å². The van der Waals surface area contributed by atoms with Gasteiger partial charge in [0.2, 0.25) is 0 Å². The molecule has 0 aliphatic carbocycles. The van der Waals surface area contributed by atoms with Crippen LogP contribution in [0.15, 0.2) is 21.9 Å². The summed E-state index contributed by atoms with van der Waals surface area (Å²) in [5.74, 6) is 0. The minimum atomic E-state index is -1.59. The highest BCUT2D eigenvalue weighted by Crippen LogP contribution is 2.40. The van der Waals surface area contributed by atoms with Crippen LogP contribution in [0.25, 0.3) is 0 Å². The third kappa shape index (κ3) is 1.93. The largest absolute Gasteiger partial charge is 0.393 e. The van der Waals surface area contributed by atoms with E-state index < -0.39 is 41.4 Å². The fraction of sp³-hybridized carbons (Fsp3) is 0.636. The van der Waals surface area contributed by atoms with Crippen LogP contribution in [0.4, 0.5) is 0 Å². The summed E-state index contributed by atoms with van der Waals surface area (Å²) in [5.41, 5.74) is -4.34. The Bertz CT molecular complexity index is 595. The highest BCUT2D eigenvalue weighted by Gasteiger charge is 2.58. The number of hydrogen-bond donors (Lipinski definition) is 4. The van der Waals surface area contributed by atoms with Crippen LogP contribution in [-0.4, -0.2) is 49.3 Å². The smallest absolute Gasteiger partial charge is 0.330 e. The van der Waals surface area contributed by atoms with Gasteiger partial charge >= 0.3 is 5.69 Å². The molecule has 1 aromatic heterocycles. The quantitative estimate of drug-likeness (QED) is 0.480. The normalized spacial score (nSPS) is 38.6. The molecule has 1 aliphatic heterocycles. The van der Waals surface area contributed by atoms with Crippen LogP contribution >= 0.6 is 0 Å². The van der Waals surface area contributed by atoms with Crippen molar-refractivity contribution in [3.05, 3.63) is 33.1 Å². The molecule has 19 heavy (non-hydrogen) atoms. The standard InChI is InChI=1S/C11H16N2O6/c1-10(5-14)7(16)8(17)11(2,19-10)13-4-3-6(15)12-9(13)18/h3-4,7-8,14,16-17H,5H2,1-2H3,(H,12,15,18)/t7?,8?,10-,11-/m0/s1. The van der Waals surface area contributed by atoms with Crippen molar-refractivity contribution in [3.8, 4) is 0 Å². The Hall–Kier alpha value is -1.48. The van der Waals surface area contributed by atoms with Crippen LogP contribution in [0.2, 0.25) is 0 Å². The number of nitrogens with one attached hydrogen (secondary N) is 1. The molecule has 0 bridgehead atoms. The van der Waals surface area contributed by atoms with E-state index in [1.165, 1.54) is 20.0 Å². The van der Waals surface area contributed by atoms with Crippen molar-refractivity contribution in [2.24, 2.45) is 0 Å². The van der Waals surface area contributed by atoms with Gasteiger partial charge < -0.3 is 20.1 Å². The number of aromatic amines is 1. The van der Waals surface area contributed by atoms with Crippen LogP contribution in [0.1, 0.15) is 13.8 Å². The highest BCUT2D eigenvalue weighted by molar-refractivity contribution is 5.05. The molecular formula is C11H16N2O6. The summed E-state index contributed by atoms with van der Waals surface area (Å²) >= 11 is 0. The lowest BCUT2D eigenvalue weighted by atomic mass is 9.96. The van der Waals surface area contributed by atoms with Gasteiger partial charge in [0, 0.05) is 12.3 Å². The summed E-state index contributed by atoms with van der Waals surface area (Å²) in [5, 5.41) is 29.3. The van der Waals surface area contributed by atoms with Crippen LogP contribution < -0.4 is 11.2 Å². The second-order valence-corrected chi connectivity index (χ2v) is 5.00. The van der Waals surface area contributed by atoms with Gasteiger partial charge in [-0.25, -0.2) is 4.79 Å². The van der Waals surface area contributed by atoms with Crippen molar-refractivity contribution in [1.29, 1.82) is 0 Å². The number of aromatic nitrogens is 2. The Morgan fingerprint density at radius 1 is 1.37 bits per heavy atom. The van der Waals surface area contributed by atoms with Crippen molar-refractivity contribution in [2.45, 2.75) is 37.4 Å². The third-order valence-electron chi connectivity index (χ3n) is 3.53. The molecule has 4 atom stereocenters. The summed E-state index contributed by atoms with van der Waals surface area (Å²) in [6.45, 7) is 2.28. The van der Waals surface area contributed by atoms with Gasteiger partial charge in [-0.3, -0.25) is 14.3 Å². The number of aliphatic hydroxyl groups excluding tert-OH is 3. The SMILES string of the molecule is C[C@]1(n2ccc(=O)[nH]c2=O)O[C@@](C)(CO)C(O)C1O. The molecule has 106 valence electrons. The fourth-order valence-electron chi connectivity index (χ4n) is 2.30. The lowest BCUT2D eigenvalue weighted by Gasteiger charge is -2.31. The van der Waals surface area contributed by atoms with Gasteiger partial charge in [-0.1, -0.05) is 0 Å². The Kier molecular flexibility index (Phi) is 3.13. The van der Waals surface area contributed by atoms with Crippen molar-refractivity contribution in [1.82, 2.24) is 9.55 Å². The van der Waals surface area contributed by atoms with Crippen molar-refractivity contribution in [2.75, 3.05) is 6.61 Å². The van der Waals surface area contributed by atoms with Crippen LogP contribution in [-0.2, 0) is 10.5 Å². The maximum atomic E-state index is 11.8. The molecule has 1 aliphatic rings. The first kappa shape index (κ1) is 13.9. The monoisotopic (exact) mass is 272 g/mol. The van der Waals surface area contributed by atoms with Crippen molar-refractivity contribution >= 4 is 0 Å². The molecule has 1 aromatic rings. The Morgan fingerprint density at radius 3 is 2.47 bits per heavy atom. The average molecular weight is 272 g/mol. The molecule has 0 saturated carbocycles. The summed E-state index contributed by atoms with van der Waals surface area (Å²) in [6.07, 6.45) is -1.64. The van der Waals surface area contributed by atoms with Gasteiger partial charge in [0.15, 0.2) is 5.72 Å². The van der Waals surface area contributed by atoms with E-state index in [-0.39, 0.29) is 0 Å². The fourth-order valence-corrected chi connectivity index (χ4v) is 2.30. The number of nitrogens with zero attached hydrogens (tertiary/aromatic N) is 1. The number of H-pyrrole nitrogens is 1. The molecule has 8 nitrogen and oxygen atoms in total. The van der Waals surface area contributed by atoms with Crippen molar-refractivity contribution < 1.29 is 20.1 Å². The summed E-state index contributed by atoms with van der Waals surface area (Å²) in [4.78, 5) is 24.8. The number of ether oxygens (including phenoxy) is 1. The van der Waals surface area contributed by atoms with E-state index in [0.29, 0.717) is 0 Å². The average Bonchev–Trinajstić information content (AvgIpc) is 2.52. The second-order valence-electron chi connectivity index (χ2n) is 5.00. The lowest BCUT2D eigenvalue weighted by molar-refractivity contribution is -0.174. The molecule has 1 saturated heterocycles. The Labute approximate surface area is 107 Å². The molecule has 0 radical (unpaired) electrons. The van der Waals surface area contributed by atoms with Crippen molar-refractivity contribution in [3.63, 3.8) is 0 Å². The third-order valence-corrected chi connectivity index (χ3v) is 3.53. The van der Waals surface area contributed by atoms with E-state index in [1.54, 1.807) is 0 Å². The molecule has 2 rings (SSSR count). The predicted octanol–water partition coefficient (Wildman–Crippen LogP) is -2.29. The minimum absolute atomic E-state index is 0.529. The highest BCUT2D eigenvalue weighted by atomic mass is 16.6. The van der Waals surface area contributed by atoms with Gasteiger partial charge in [-0.05, 0) is 13.8 Å². The van der Waals surface area contributed by atoms with E-state index >= 15 is 0 Å². The molecule has 4 N–H and O–H groups in total. The van der Waals surface area contributed by atoms with Gasteiger partial charge in [0.1, 0.15) is 17.8 Å². The van der Waals surface area contributed by atoms with Crippen LogP contribution in [0.3, 0.4) is 0 Å². The topological polar surface area (TPSA) is 125 Å². The molecule has 0 aromatic carbocycles. The zero-order valence-corrected chi connectivity index (χ0v) is 10.5. The molecule has 2 heterocycles. The Balaban J connectivity index is 2.55. The molecule has 0 amide bonds. The van der Waals surface area contributed by atoms with Gasteiger partial charge in [-0.15, -0.1) is 0 Å². The van der Waals surface area contributed by atoms with Gasteiger partial charge in [0.25, 0.3) is 5.56 Å². The summed E-state index contributed by atoms with van der Waals surface area (Å²) in [6, 6.07) is 1.10. The molecule has 8 heteroatoms. The van der Waals surface area contributed by atoms with E-state index in [1.807, 2.05) is 4.98 Å². The van der Waals surface area contributed by atoms with E-state index in [0.717, 1.165) is 10.6 Å². The maximum Gasteiger partial charge on any atom is 0.330 e. The maximum absolute atomic E-state index is 11.8. The van der Waals surface area contributed by atoms with E-state index in [2.05, 4.69) is 0 Å². The van der Waals surface area contributed by atoms with Gasteiger partial charge in [0.05, 0.1) is 6.61 Å². The Morgan fingerprint density at radius 2 is 2.00 bits per heavy atom. The zero-order chi connectivity index (χ0) is 14.4. The first-order valence-electron chi connectivity index (χ1n) is 5.74. The molecule has 0 spiro atoms. The number of hydrogen-bond acceptors (Lipinski definition) is 6. The van der Waals surface area contributed by atoms with Crippen LogP contribution in [0, 0.1) is 0 Å². The number of aliphatic hydroxyl groups is 3. The number of rotatable bonds is 2. The molecular weight excluding hydrogens is 256 g/mol. The van der Waals surface area contributed by atoms with Crippen LogP contribution in [0.5, 0.6) is 0 Å². The first-order chi connectivity index (χ1) is 8.74. The summed E-state index contributed by atoms with van der Waals surface area (Å²) in [7, 11) is 0. The zero-order valence-electron chi connectivity index (χ0n) is 10.5. The molecule has 2 unspecified atom stereocenters. The summed E-state index contributed by atoms with van der Waals surface area (Å²) < 4.78 is 6.48. The predicted molar refractivity (Wildman–Crippen MR) is 63.6 cm³/mol.